The normalized spacial score (nSPS) is 15.6. The van der Waals surface area contributed by atoms with Gasteiger partial charge in [0.1, 0.15) is 5.56 Å². The van der Waals surface area contributed by atoms with Crippen molar-refractivity contribution in [2.45, 2.75) is 40.5 Å². The largest absolute Gasteiger partial charge is 0.321 e. The van der Waals surface area contributed by atoms with Gasteiger partial charge in [0, 0.05) is 18.3 Å². The second-order valence-electron chi connectivity index (χ2n) is 8.07. The Labute approximate surface area is 157 Å². The van der Waals surface area contributed by atoms with Gasteiger partial charge in [-0.3, -0.25) is 9.59 Å². The quantitative estimate of drug-likeness (QED) is 0.753. The van der Waals surface area contributed by atoms with Crippen LogP contribution in [0.25, 0.3) is 5.65 Å². The van der Waals surface area contributed by atoms with Crippen molar-refractivity contribution in [1.82, 2.24) is 14.6 Å². The van der Waals surface area contributed by atoms with Crippen LogP contribution in [0.15, 0.2) is 30.6 Å². The number of fused-ring (bicyclic) bond motifs is 3. The Bertz CT molecular complexity index is 1070. The molecule has 3 aromatic rings. The smallest absolute Gasteiger partial charge is 0.261 e. The van der Waals surface area contributed by atoms with Gasteiger partial charge in [-0.1, -0.05) is 32.0 Å². The second kappa shape index (κ2) is 6.01. The zero-order valence-electron chi connectivity index (χ0n) is 16.0. The third kappa shape index (κ3) is 2.91. The van der Waals surface area contributed by atoms with Crippen molar-refractivity contribution in [3.63, 3.8) is 0 Å². The van der Waals surface area contributed by atoms with Crippen molar-refractivity contribution in [1.29, 1.82) is 0 Å². The van der Waals surface area contributed by atoms with Gasteiger partial charge in [-0.05, 0) is 36.8 Å². The SMILES string of the molecule is Cc1cccc(C)c1NC(=O)c1cnn2c3c(cnc12)C(=O)CC(C)(C)C3. The lowest BCUT2D eigenvalue weighted by Crippen LogP contribution is -2.29. The molecule has 6 heteroatoms. The molecule has 0 spiro atoms. The van der Waals surface area contributed by atoms with Crippen LogP contribution >= 0.6 is 0 Å². The first kappa shape index (κ1) is 17.4. The Hall–Kier alpha value is -3.02. The van der Waals surface area contributed by atoms with Crippen molar-refractivity contribution < 1.29 is 9.59 Å². The van der Waals surface area contributed by atoms with Gasteiger partial charge in [-0.25, -0.2) is 9.50 Å². The summed E-state index contributed by atoms with van der Waals surface area (Å²) in [6.45, 7) is 8.05. The number of para-hydroxylation sites is 1. The van der Waals surface area contributed by atoms with Crippen LogP contribution in [-0.4, -0.2) is 26.3 Å². The van der Waals surface area contributed by atoms with Crippen LogP contribution in [0, 0.1) is 19.3 Å². The van der Waals surface area contributed by atoms with Crippen LogP contribution in [0.5, 0.6) is 0 Å². The fourth-order valence-corrected chi connectivity index (χ4v) is 3.78. The van der Waals surface area contributed by atoms with Crippen molar-refractivity contribution in [3.05, 3.63) is 58.5 Å². The Morgan fingerprint density at radius 1 is 1.15 bits per heavy atom. The molecule has 2 heterocycles. The molecule has 6 nitrogen and oxygen atoms in total. The van der Waals surface area contributed by atoms with Crippen molar-refractivity contribution in [3.8, 4) is 0 Å². The number of Topliss-reactive ketones (excluding diaryl/α,β-unsaturated/α-hetero) is 1. The Balaban J connectivity index is 1.76. The van der Waals surface area contributed by atoms with Gasteiger partial charge in [0.2, 0.25) is 0 Å². The van der Waals surface area contributed by atoms with Gasteiger partial charge in [-0.15, -0.1) is 0 Å². The molecule has 0 fully saturated rings. The zero-order valence-corrected chi connectivity index (χ0v) is 16.0. The van der Waals surface area contributed by atoms with E-state index in [1.165, 1.54) is 6.20 Å². The average molecular weight is 362 g/mol. The summed E-state index contributed by atoms with van der Waals surface area (Å²) in [5.41, 5.74) is 4.97. The fraction of sp³-hybridized carbons (Fsp3) is 0.333. The molecule has 1 aliphatic carbocycles. The highest BCUT2D eigenvalue weighted by Crippen LogP contribution is 2.34. The molecule has 1 aromatic carbocycles. The topological polar surface area (TPSA) is 76.4 Å². The van der Waals surface area contributed by atoms with E-state index in [0.29, 0.717) is 29.6 Å². The number of nitrogens with zero attached hydrogens (tertiary/aromatic N) is 3. The molecule has 0 unspecified atom stereocenters. The maximum atomic E-state index is 12.9. The molecule has 4 rings (SSSR count). The summed E-state index contributed by atoms with van der Waals surface area (Å²) in [6, 6.07) is 5.88. The molecule has 0 radical (unpaired) electrons. The predicted molar refractivity (Wildman–Crippen MR) is 103 cm³/mol. The Morgan fingerprint density at radius 3 is 2.56 bits per heavy atom. The van der Waals surface area contributed by atoms with Gasteiger partial charge >= 0.3 is 0 Å². The van der Waals surface area contributed by atoms with E-state index in [-0.39, 0.29) is 17.1 Å². The highest BCUT2D eigenvalue weighted by molar-refractivity contribution is 6.09. The average Bonchev–Trinajstić information content (AvgIpc) is 3.02. The van der Waals surface area contributed by atoms with E-state index >= 15 is 0 Å². The first-order chi connectivity index (χ1) is 12.8. The lowest BCUT2D eigenvalue weighted by molar-refractivity contribution is 0.0908. The Morgan fingerprint density at radius 2 is 1.85 bits per heavy atom. The molecule has 138 valence electrons. The molecule has 1 aliphatic rings. The van der Waals surface area contributed by atoms with Gasteiger partial charge in [-0.2, -0.15) is 5.10 Å². The molecule has 0 atom stereocenters. The molecule has 0 saturated heterocycles. The molecule has 1 amide bonds. The van der Waals surface area contributed by atoms with Gasteiger partial charge < -0.3 is 5.32 Å². The van der Waals surface area contributed by atoms with Crippen LogP contribution in [0.1, 0.15) is 57.8 Å². The first-order valence-corrected chi connectivity index (χ1v) is 9.03. The van der Waals surface area contributed by atoms with E-state index in [2.05, 4.69) is 29.2 Å². The van der Waals surface area contributed by atoms with E-state index in [1.807, 2.05) is 32.0 Å². The number of hydrogen-bond acceptors (Lipinski definition) is 4. The summed E-state index contributed by atoms with van der Waals surface area (Å²) >= 11 is 0. The summed E-state index contributed by atoms with van der Waals surface area (Å²) in [5.74, 6) is -0.177. The minimum absolute atomic E-state index is 0.0766. The number of aromatic nitrogens is 3. The molecular weight excluding hydrogens is 340 g/mol. The minimum Gasteiger partial charge on any atom is -0.321 e. The number of rotatable bonds is 2. The molecule has 2 aromatic heterocycles. The number of carbonyl (C=O) groups is 2. The van der Waals surface area contributed by atoms with Crippen molar-refractivity contribution >= 4 is 23.0 Å². The summed E-state index contributed by atoms with van der Waals surface area (Å²) in [5, 5.41) is 7.36. The van der Waals surface area contributed by atoms with Gasteiger partial charge in [0.25, 0.3) is 5.91 Å². The maximum Gasteiger partial charge on any atom is 0.261 e. The third-order valence-corrected chi connectivity index (χ3v) is 5.18. The summed E-state index contributed by atoms with van der Waals surface area (Å²) in [4.78, 5) is 29.7. The fourth-order valence-electron chi connectivity index (χ4n) is 3.78. The van der Waals surface area contributed by atoms with E-state index in [0.717, 1.165) is 22.5 Å². The van der Waals surface area contributed by atoms with Crippen LogP contribution in [0.4, 0.5) is 5.69 Å². The van der Waals surface area contributed by atoms with E-state index in [4.69, 9.17) is 0 Å². The molecule has 0 bridgehead atoms. The van der Waals surface area contributed by atoms with E-state index in [1.54, 1.807) is 10.7 Å². The highest BCUT2D eigenvalue weighted by Gasteiger charge is 2.33. The van der Waals surface area contributed by atoms with Gasteiger partial charge in [0.05, 0.1) is 17.5 Å². The second-order valence-corrected chi connectivity index (χ2v) is 8.07. The van der Waals surface area contributed by atoms with Crippen molar-refractivity contribution in [2.24, 2.45) is 5.41 Å². The predicted octanol–water partition coefficient (Wildman–Crippen LogP) is 3.75. The highest BCUT2D eigenvalue weighted by atomic mass is 16.1. The molecule has 0 saturated carbocycles. The monoisotopic (exact) mass is 362 g/mol. The zero-order chi connectivity index (χ0) is 19.3. The van der Waals surface area contributed by atoms with Crippen molar-refractivity contribution in [2.75, 3.05) is 5.32 Å². The number of benzene rings is 1. The Kier molecular flexibility index (Phi) is 3.87. The number of hydrogen-bond donors (Lipinski definition) is 1. The van der Waals surface area contributed by atoms with Crippen LogP contribution in [0.3, 0.4) is 0 Å². The summed E-state index contributed by atoms with van der Waals surface area (Å²) in [7, 11) is 0. The summed E-state index contributed by atoms with van der Waals surface area (Å²) in [6.07, 6.45) is 4.32. The standard InChI is InChI=1S/C21H22N4O2/c1-12-6-5-7-13(2)18(12)24-20(27)15-11-23-25-16-8-21(3,4)9-17(26)14(16)10-22-19(15)25/h5-7,10-11H,8-9H2,1-4H3,(H,24,27). The number of carbonyl (C=O) groups excluding carboxylic acids is 2. The molecular formula is C21H22N4O2. The van der Waals surface area contributed by atoms with Crippen LogP contribution in [-0.2, 0) is 6.42 Å². The number of anilines is 1. The van der Waals surface area contributed by atoms with E-state index in [9.17, 15) is 9.59 Å². The van der Waals surface area contributed by atoms with Gasteiger partial charge in [0.15, 0.2) is 11.4 Å². The molecule has 27 heavy (non-hydrogen) atoms. The first-order valence-electron chi connectivity index (χ1n) is 9.03. The van der Waals surface area contributed by atoms with Crippen LogP contribution < -0.4 is 5.32 Å². The number of ketones is 1. The number of nitrogens with one attached hydrogen (secondary N) is 1. The molecule has 1 N–H and O–H groups in total. The number of aryl methyl sites for hydroxylation is 2. The lowest BCUT2D eigenvalue weighted by atomic mass is 9.76. The minimum atomic E-state index is -0.253. The van der Waals surface area contributed by atoms with E-state index < -0.39 is 0 Å². The maximum absolute atomic E-state index is 12.9. The number of amides is 1. The third-order valence-electron chi connectivity index (χ3n) is 5.18. The molecule has 0 aliphatic heterocycles. The lowest BCUT2D eigenvalue weighted by Gasteiger charge is -2.29. The van der Waals surface area contributed by atoms with Crippen LogP contribution in [0.2, 0.25) is 0 Å². The summed E-state index contributed by atoms with van der Waals surface area (Å²) < 4.78 is 1.65.